The molecule has 158 valence electrons. The molecule has 2 aliphatic rings. The minimum atomic E-state index is -0.243. The number of nitrogen functional groups attached to an aromatic ring is 1. The second-order valence-corrected chi connectivity index (χ2v) is 8.92. The molecule has 0 saturated heterocycles. The van der Waals surface area contributed by atoms with E-state index in [1.54, 1.807) is 14.2 Å². The highest BCUT2D eigenvalue weighted by molar-refractivity contribution is 9.10. The molecule has 3 aromatic rings. The molecule has 2 heterocycles. The second-order valence-electron chi connectivity index (χ2n) is 8.06. The standard InChI is InChI=1S/C24H22BrN3O3/c1-29-19-10-14(9-17(25)22(19)30-2)20-15-6-5-13(7-12-3-4-12)8-18(15)31-24-21(20)16(11-26)23(27)28-24/h5-6,8-10,12,20,28H,3-4,7,27H2,1-2H3. The Morgan fingerprint density at radius 3 is 2.71 bits per heavy atom. The molecule has 1 aromatic heterocycles. The van der Waals surface area contributed by atoms with E-state index in [9.17, 15) is 5.26 Å². The van der Waals surface area contributed by atoms with Crippen molar-refractivity contribution in [1.29, 1.82) is 5.26 Å². The van der Waals surface area contributed by atoms with E-state index >= 15 is 0 Å². The molecule has 5 rings (SSSR count). The van der Waals surface area contributed by atoms with Crippen LogP contribution < -0.4 is 19.9 Å². The van der Waals surface area contributed by atoms with Gasteiger partial charge in [0.1, 0.15) is 23.2 Å². The fourth-order valence-electron chi connectivity index (χ4n) is 4.39. The lowest BCUT2D eigenvalue weighted by molar-refractivity contribution is 0.352. The molecule has 1 aliphatic carbocycles. The van der Waals surface area contributed by atoms with Gasteiger partial charge in [0.05, 0.1) is 18.7 Å². The molecule has 6 nitrogen and oxygen atoms in total. The van der Waals surface area contributed by atoms with Crippen LogP contribution in [0.25, 0.3) is 0 Å². The summed E-state index contributed by atoms with van der Waals surface area (Å²) < 4.78 is 18.0. The molecular formula is C24H22BrN3O3. The Morgan fingerprint density at radius 1 is 1.23 bits per heavy atom. The highest BCUT2D eigenvalue weighted by Crippen LogP contribution is 2.52. The summed E-state index contributed by atoms with van der Waals surface area (Å²) in [4.78, 5) is 3.06. The quantitative estimate of drug-likeness (QED) is 0.394. The molecule has 31 heavy (non-hydrogen) atoms. The smallest absolute Gasteiger partial charge is 0.204 e. The predicted molar refractivity (Wildman–Crippen MR) is 121 cm³/mol. The van der Waals surface area contributed by atoms with E-state index in [-0.39, 0.29) is 5.92 Å². The summed E-state index contributed by atoms with van der Waals surface area (Å²) in [5, 5.41) is 9.80. The number of nitrogens with zero attached hydrogens (tertiary/aromatic N) is 1. The van der Waals surface area contributed by atoms with Crippen molar-refractivity contribution in [3.63, 3.8) is 0 Å². The number of aromatic nitrogens is 1. The number of nitrogens with one attached hydrogen (secondary N) is 1. The van der Waals surface area contributed by atoms with Crippen LogP contribution in [0, 0.1) is 17.2 Å². The van der Waals surface area contributed by atoms with Gasteiger partial charge in [0, 0.05) is 17.0 Å². The molecule has 0 amide bonds. The molecule has 1 aliphatic heterocycles. The minimum absolute atomic E-state index is 0.243. The molecular weight excluding hydrogens is 458 g/mol. The van der Waals surface area contributed by atoms with Crippen LogP contribution in [0.4, 0.5) is 5.82 Å². The maximum absolute atomic E-state index is 9.80. The topological polar surface area (TPSA) is 93.3 Å². The Labute approximate surface area is 189 Å². The van der Waals surface area contributed by atoms with Crippen LogP contribution >= 0.6 is 15.9 Å². The van der Waals surface area contributed by atoms with Crippen LogP contribution in [-0.2, 0) is 6.42 Å². The molecule has 1 unspecified atom stereocenters. The van der Waals surface area contributed by atoms with Crippen molar-refractivity contribution >= 4 is 21.7 Å². The summed E-state index contributed by atoms with van der Waals surface area (Å²) in [6.07, 6.45) is 3.65. The van der Waals surface area contributed by atoms with Crippen LogP contribution in [0.5, 0.6) is 23.1 Å². The summed E-state index contributed by atoms with van der Waals surface area (Å²) in [5.41, 5.74) is 10.5. The van der Waals surface area contributed by atoms with E-state index in [1.807, 2.05) is 12.1 Å². The number of ether oxygens (including phenoxy) is 3. The van der Waals surface area contributed by atoms with Gasteiger partial charge in [0.25, 0.3) is 0 Å². The molecule has 1 fully saturated rings. The molecule has 1 saturated carbocycles. The zero-order valence-corrected chi connectivity index (χ0v) is 18.9. The lowest BCUT2D eigenvalue weighted by Gasteiger charge is -2.28. The minimum Gasteiger partial charge on any atom is -0.493 e. The number of aromatic amines is 1. The number of nitriles is 1. The zero-order chi connectivity index (χ0) is 21.7. The number of nitrogens with two attached hydrogens (primary N) is 1. The van der Waals surface area contributed by atoms with Gasteiger partial charge in [-0.3, -0.25) is 0 Å². The van der Waals surface area contributed by atoms with Crippen molar-refractivity contribution < 1.29 is 14.2 Å². The SMILES string of the molecule is COc1cc(C2c3ccc(CC4CC4)cc3Oc3[nH]c(N)c(C#N)c32)cc(Br)c1OC. The van der Waals surface area contributed by atoms with Crippen LogP contribution in [-0.4, -0.2) is 19.2 Å². The van der Waals surface area contributed by atoms with E-state index in [0.717, 1.165) is 39.3 Å². The first-order valence-electron chi connectivity index (χ1n) is 10.2. The maximum Gasteiger partial charge on any atom is 0.204 e. The number of anilines is 1. The Bertz CT molecular complexity index is 1220. The van der Waals surface area contributed by atoms with Crippen LogP contribution in [0.3, 0.4) is 0 Å². The number of H-pyrrole nitrogens is 1. The lowest BCUT2D eigenvalue weighted by atomic mass is 9.82. The molecule has 7 heteroatoms. The van der Waals surface area contributed by atoms with Crippen LogP contribution in [0.1, 0.15) is 46.6 Å². The van der Waals surface area contributed by atoms with Gasteiger partial charge in [-0.25, -0.2) is 0 Å². The molecule has 3 N–H and O–H groups in total. The molecule has 0 radical (unpaired) electrons. The van der Waals surface area contributed by atoms with Gasteiger partial charge < -0.3 is 24.9 Å². The number of rotatable bonds is 5. The van der Waals surface area contributed by atoms with Crippen molar-refractivity contribution in [2.75, 3.05) is 20.0 Å². The first-order chi connectivity index (χ1) is 15.0. The summed E-state index contributed by atoms with van der Waals surface area (Å²) in [6.45, 7) is 0. The zero-order valence-electron chi connectivity index (χ0n) is 17.3. The lowest BCUT2D eigenvalue weighted by Crippen LogP contribution is -2.13. The number of hydrogen-bond donors (Lipinski definition) is 2. The molecule has 0 bridgehead atoms. The van der Waals surface area contributed by atoms with Gasteiger partial charge >= 0.3 is 0 Å². The largest absolute Gasteiger partial charge is 0.493 e. The summed E-state index contributed by atoms with van der Waals surface area (Å²) in [5.74, 6) is 3.37. The fourth-order valence-corrected chi connectivity index (χ4v) is 5.01. The van der Waals surface area contributed by atoms with E-state index in [4.69, 9.17) is 19.9 Å². The number of methoxy groups -OCH3 is 2. The monoisotopic (exact) mass is 479 g/mol. The first-order valence-corrected chi connectivity index (χ1v) is 11.0. The van der Waals surface area contributed by atoms with Gasteiger partial charge in [-0.1, -0.05) is 12.1 Å². The third-order valence-electron chi connectivity index (χ3n) is 6.04. The van der Waals surface area contributed by atoms with Crippen molar-refractivity contribution in [2.45, 2.75) is 25.2 Å². The maximum atomic E-state index is 9.80. The van der Waals surface area contributed by atoms with Crippen molar-refractivity contribution in [1.82, 2.24) is 4.98 Å². The third kappa shape index (κ3) is 3.31. The Hall–Kier alpha value is -3.11. The van der Waals surface area contributed by atoms with E-state index in [2.05, 4.69) is 45.2 Å². The highest BCUT2D eigenvalue weighted by Gasteiger charge is 2.35. The molecule has 2 aromatic carbocycles. The number of fused-ring (bicyclic) bond motifs is 2. The van der Waals surface area contributed by atoms with Crippen molar-refractivity contribution in [3.05, 3.63) is 62.6 Å². The normalized spacial score (nSPS) is 16.6. The first kappa shape index (κ1) is 19.8. The van der Waals surface area contributed by atoms with Gasteiger partial charge in [-0.2, -0.15) is 5.26 Å². The van der Waals surface area contributed by atoms with Crippen molar-refractivity contribution in [2.24, 2.45) is 5.92 Å². The second kappa shape index (κ2) is 7.54. The summed E-state index contributed by atoms with van der Waals surface area (Å²) in [6, 6.07) is 12.6. The predicted octanol–water partition coefficient (Wildman–Crippen LogP) is 5.49. The number of halogens is 1. The van der Waals surface area contributed by atoms with Crippen LogP contribution in [0.2, 0.25) is 0 Å². The van der Waals surface area contributed by atoms with Gasteiger partial charge in [-0.05, 0) is 70.4 Å². The van der Waals surface area contributed by atoms with E-state index < -0.39 is 0 Å². The Morgan fingerprint density at radius 2 is 2.03 bits per heavy atom. The number of hydrogen-bond acceptors (Lipinski definition) is 5. The number of benzene rings is 2. The highest BCUT2D eigenvalue weighted by atomic mass is 79.9. The van der Waals surface area contributed by atoms with Gasteiger partial charge in [0.2, 0.25) is 5.88 Å². The van der Waals surface area contributed by atoms with E-state index in [0.29, 0.717) is 28.8 Å². The third-order valence-corrected chi connectivity index (χ3v) is 6.63. The van der Waals surface area contributed by atoms with Gasteiger partial charge in [-0.15, -0.1) is 0 Å². The summed E-state index contributed by atoms with van der Waals surface area (Å²) >= 11 is 3.60. The molecule has 0 spiro atoms. The van der Waals surface area contributed by atoms with Gasteiger partial charge in [0.15, 0.2) is 11.5 Å². The van der Waals surface area contributed by atoms with Crippen LogP contribution in [0.15, 0.2) is 34.8 Å². The van der Waals surface area contributed by atoms with E-state index in [1.165, 1.54) is 18.4 Å². The average Bonchev–Trinajstić information content (AvgIpc) is 3.51. The molecule has 1 atom stereocenters. The fraction of sp³-hybridized carbons (Fsp3) is 0.292. The Kier molecular flexibility index (Phi) is 4.82. The Balaban J connectivity index is 1.71. The summed E-state index contributed by atoms with van der Waals surface area (Å²) in [7, 11) is 3.21. The average molecular weight is 480 g/mol. The van der Waals surface area contributed by atoms with Crippen molar-refractivity contribution in [3.8, 4) is 29.2 Å².